The average molecular weight is 386 g/mol. The minimum atomic E-state index is -0.0794. The summed E-state index contributed by atoms with van der Waals surface area (Å²) in [5.74, 6) is 2.12. The molecule has 0 fully saturated rings. The Kier molecular flexibility index (Phi) is 7.73. The first-order valence-electron chi connectivity index (χ1n) is 9.55. The monoisotopic (exact) mass is 385 g/mol. The van der Waals surface area contributed by atoms with Crippen molar-refractivity contribution in [2.45, 2.75) is 39.7 Å². The Morgan fingerprint density at radius 1 is 0.893 bits per heavy atom. The molecule has 152 valence electrons. The Bertz CT molecular complexity index is 784. The van der Waals surface area contributed by atoms with E-state index in [1.807, 2.05) is 13.0 Å². The minimum absolute atomic E-state index is 0.0771. The number of hydrogen-bond acceptors (Lipinski definition) is 4. The first kappa shape index (κ1) is 21.6. The van der Waals surface area contributed by atoms with Crippen molar-refractivity contribution in [1.29, 1.82) is 0 Å². The predicted octanol–water partition coefficient (Wildman–Crippen LogP) is 4.33. The first-order chi connectivity index (χ1) is 13.4. The Hall–Kier alpha value is -2.69. The van der Waals surface area contributed by atoms with Crippen LogP contribution in [0.15, 0.2) is 36.4 Å². The lowest BCUT2D eigenvalue weighted by Crippen LogP contribution is -2.28. The maximum atomic E-state index is 12.6. The van der Waals surface area contributed by atoms with E-state index in [0.29, 0.717) is 23.2 Å². The minimum Gasteiger partial charge on any atom is -0.493 e. The van der Waals surface area contributed by atoms with E-state index in [0.717, 1.165) is 17.5 Å². The fourth-order valence-corrected chi connectivity index (χ4v) is 3.27. The molecule has 0 aliphatic carbocycles. The lowest BCUT2D eigenvalue weighted by molar-refractivity contribution is -0.121. The van der Waals surface area contributed by atoms with Gasteiger partial charge in [-0.05, 0) is 36.5 Å². The van der Waals surface area contributed by atoms with Crippen LogP contribution in [0, 0.1) is 5.92 Å². The molecule has 2 rings (SSSR count). The van der Waals surface area contributed by atoms with Crippen molar-refractivity contribution in [3.05, 3.63) is 53.1 Å². The zero-order valence-electron chi connectivity index (χ0n) is 17.7. The number of amides is 1. The van der Waals surface area contributed by atoms with E-state index in [-0.39, 0.29) is 18.4 Å². The van der Waals surface area contributed by atoms with Gasteiger partial charge in [0.1, 0.15) is 0 Å². The van der Waals surface area contributed by atoms with Crippen molar-refractivity contribution in [1.82, 2.24) is 5.32 Å². The van der Waals surface area contributed by atoms with E-state index in [4.69, 9.17) is 14.2 Å². The van der Waals surface area contributed by atoms with E-state index >= 15 is 0 Å². The molecule has 0 spiro atoms. The Labute approximate surface area is 168 Å². The summed E-state index contributed by atoms with van der Waals surface area (Å²) >= 11 is 0. The van der Waals surface area contributed by atoms with E-state index in [9.17, 15) is 4.79 Å². The van der Waals surface area contributed by atoms with E-state index in [2.05, 4.69) is 43.4 Å². The third kappa shape index (κ3) is 5.41. The molecule has 1 amide bonds. The molecular formula is C23H31NO4. The van der Waals surface area contributed by atoms with Crippen LogP contribution in [0.2, 0.25) is 0 Å². The molecular weight excluding hydrogens is 354 g/mol. The summed E-state index contributed by atoms with van der Waals surface area (Å²) in [4.78, 5) is 12.6. The molecule has 2 aromatic rings. The highest BCUT2D eigenvalue weighted by atomic mass is 16.5. The molecule has 0 saturated heterocycles. The van der Waals surface area contributed by atoms with Crippen molar-refractivity contribution in [2.75, 3.05) is 21.3 Å². The van der Waals surface area contributed by atoms with Crippen molar-refractivity contribution < 1.29 is 19.0 Å². The zero-order chi connectivity index (χ0) is 20.7. The van der Waals surface area contributed by atoms with Crippen LogP contribution in [0.3, 0.4) is 0 Å². The Balaban J connectivity index is 2.07. The maximum Gasteiger partial charge on any atom is 0.225 e. The van der Waals surface area contributed by atoms with Gasteiger partial charge in [-0.1, -0.05) is 44.2 Å². The predicted molar refractivity (Wildman–Crippen MR) is 111 cm³/mol. The number of carbonyl (C=O) groups excluding carboxylic acids is 1. The molecule has 28 heavy (non-hydrogen) atoms. The molecule has 5 heteroatoms. The smallest absolute Gasteiger partial charge is 0.225 e. The van der Waals surface area contributed by atoms with Gasteiger partial charge >= 0.3 is 0 Å². The summed E-state index contributed by atoms with van der Waals surface area (Å²) in [6.45, 7) is 6.40. The molecule has 2 aromatic carbocycles. The van der Waals surface area contributed by atoms with Crippen molar-refractivity contribution >= 4 is 5.91 Å². The molecule has 0 radical (unpaired) electrons. The fourth-order valence-electron chi connectivity index (χ4n) is 3.27. The van der Waals surface area contributed by atoms with Crippen LogP contribution < -0.4 is 19.5 Å². The standard InChI is InChI=1S/C23H31NO4/c1-15(2)13-17-7-9-18(10-8-17)16(3)24-21(25)14-19-11-12-20(26-4)23(28-6)22(19)27-5/h7-12,15-16H,13-14H2,1-6H3,(H,24,25)/t16-/m0/s1. The van der Waals surface area contributed by atoms with Crippen LogP contribution in [-0.4, -0.2) is 27.2 Å². The summed E-state index contributed by atoms with van der Waals surface area (Å²) in [5, 5.41) is 3.06. The zero-order valence-corrected chi connectivity index (χ0v) is 17.7. The lowest BCUT2D eigenvalue weighted by Gasteiger charge is -2.18. The molecule has 0 aliphatic heterocycles. The number of hydrogen-bond donors (Lipinski definition) is 1. The Morgan fingerprint density at radius 2 is 1.54 bits per heavy atom. The summed E-state index contributed by atoms with van der Waals surface area (Å²) < 4.78 is 16.1. The summed E-state index contributed by atoms with van der Waals surface area (Å²) in [6.07, 6.45) is 1.25. The number of nitrogens with one attached hydrogen (secondary N) is 1. The molecule has 0 saturated carbocycles. The number of rotatable bonds is 9. The fraction of sp³-hybridized carbons (Fsp3) is 0.435. The second kappa shape index (κ2) is 10.0. The number of ether oxygens (including phenoxy) is 3. The van der Waals surface area contributed by atoms with Crippen molar-refractivity contribution in [2.24, 2.45) is 5.92 Å². The van der Waals surface area contributed by atoms with Crippen LogP contribution in [0.25, 0.3) is 0 Å². The van der Waals surface area contributed by atoms with Gasteiger partial charge in [0, 0.05) is 5.56 Å². The number of carbonyl (C=O) groups is 1. The summed E-state index contributed by atoms with van der Waals surface area (Å²) in [7, 11) is 4.67. The van der Waals surface area contributed by atoms with Crippen LogP contribution in [0.5, 0.6) is 17.2 Å². The van der Waals surface area contributed by atoms with E-state index < -0.39 is 0 Å². The van der Waals surface area contributed by atoms with Gasteiger partial charge in [-0.15, -0.1) is 0 Å². The molecule has 5 nitrogen and oxygen atoms in total. The maximum absolute atomic E-state index is 12.6. The van der Waals surface area contributed by atoms with Gasteiger partial charge in [0.25, 0.3) is 0 Å². The van der Waals surface area contributed by atoms with Gasteiger partial charge in [-0.2, -0.15) is 0 Å². The SMILES string of the molecule is COc1ccc(CC(=O)N[C@@H](C)c2ccc(CC(C)C)cc2)c(OC)c1OC. The molecule has 0 aromatic heterocycles. The topological polar surface area (TPSA) is 56.8 Å². The molecule has 0 unspecified atom stereocenters. The van der Waals surface area contributed by atoms with Crippen molar-refractivity contribution in [3.8, 4) is 17.2 Å². The Morgan fingerprint density at radius 3 is 2.07 bits per heavy atom. The van der Waals surface area contributed by atoms with Crippen LogP contribution in [0.4, 0.5) is 0 Å². The summed E-state index contributed by atoms with van der Waals surface area (Å²) in [6, 6.07) is 12.0. The van der Waals surface area contributed by atoms with E-state index in [1.165, 1.54) is 5.56 Å². The number of methoxy groups -OCH3 is 3. The van der Waals surface area contributed by atoms with Gasteiger partial charge in [-0.3, -0.25) is 4.79 Å². The van der Waals surface area contributed by atoms with Crippen LogP contribution in [-0.2, 0) is 17.6 Å². The molecule has 0 bridgehead atoms. The molecule has 1 atom stereocenters. The molecule has 0 aliphatic rings. The average Bonchev–Trinajstić information content (AvgIpc) is 2.67. The largest absolute Gasteiger partial charge is 0.493 e. The molecule has 0 heterocycles. The highest BCUT2D eigenvalue weighted by Crippen LogP contribution is 2.39. The van der Waals surface area contributed by atoms with E-state index in [1.54, 1.807) is 27.4 Å². The van der Waals surface area contributed by atoms with Crippen LogP contribution >= 0.6 is 0 Å². The second-order valence-electron chi connectivity index (χ2n) is 7.30. The van der Waals surface area contributed by atoms with Gasteiger partial charge in [-0.25, -0.2) is 0 Å². The second-order valence-corrected chi connectivity index (χ2v) is 7.30. The van der Waals surface area contributed by atoms with Gasteiger partial charge in [0.15, 0.2) is 11.5 Å². The normalized spacial score (nSPS) is 11.8. The van der Waals surface area contributed by atoms with Gasteiger partial charge in [0.05, 0.1) is 33.8 Å². The highest BCUT2D eigenvalue weighted by Gasteiger charge is 2.19. The summed E-state index contributed by atoms with van der Waals surface area (Å²) in [5.41, 5.74) is 3.14. The quantitative estimate of drug-likeness (QED) is 0.698. The third-order valence-corrected chi connectivity index (χ3v) is 4.64. The van der Waals surface area contributed by atoms with Crippen LogP contribution in [0.1, 0.15) is 43.5 Å². The third-order valence-electron chi connectivity index (χ3n) is 4.64. The van der Waals surface area contributed by atoms with Crippen molar-refractivity contribution in [3.63, 3.8) is 0 Å². The lowest BCUT2D eigenvalue weighted by atomic mass is 10.00. The first-order valence-corrected chi connectivity index (χ1v) is 9.55. The highest BCUT2D eigenvalue weighted by molar-refractivity contribution is 5.80. The molecule has 1 N–H and O–H groups in total. The van der Waals surface area contributed by atoms with Gasteiger partial charge < -0.3 is 19.5 Å². The number of benzene rings is 2. The van der Waals surface area contributed by atoms with Gasteiger partial charge in [0.2, 0.25) is 11.7 Å².